The van der Waals surface area contributed by atoms with Crippen molar-refractivity contribution in [3.8, 4) is 11.5 Å². The summed E-state index contributed by atoms with van der Waals surface area (Å²) in [5, 5.41) is 19.6. The fraction of sp³-hybridized carbons (Fsp3) is 0.684. The molecule has 0 radical (unpaired) electrons. The minimum atomic E-state index is -1.66. The van der Waals surface area contributed by atoms with Gasteiger partial charge < -0.3 is 18.4 Å². The van der Waals surface area contributed by atoms with Gasteiger partial charge >= 0.3 is 0 Å². The van der Waals surface area contributed by atoms with Crippen LogP contribution in [0.4, 0.5) is 0 Å². The van der Waals surface area contributed by atoms with E-state index in [0.717, 1.165) is 24.0 Å². The second kappa shape index (κ2) is 19.1. The second-order valence-electron chi connectivity index (χ2n) is 16.5. The molecule has 0 atom stereocenters. The fourth-order valence-corrected chi connectivity index (χ4v) is 24.9. The lowest BCUT2D eigenvalue weighted by Gasteiger charge is -2.34. The average Bonchev–Trinajstić information content (AvgIpc) is 2.92. The number of unbranched alkanes of at least 4 members (excludes halogenated alkanes) is 7. The number of aromatic hydroxyl groups is 2. The van der Waals surface area contributed by atoms with Crippen molar-refractivity contribution < 1.29 is 18.4 Å². The Morgan fingerprint density at radius 2 is 0.717 bits per heavy atom. The van der Waals surface area contributed by atoms with Gasteiger partial charge in [0.25, 0.3) is 0 Å². The number of aryl methyl sites for hydroxylation is 4. The van der Waals surface area contributed by atoms with Crippen LogP contribution >= 0.6 is 0 Å². The van der Waals surface area contributed by atoms with Crippen molar-refractivity contribution in [2.45, 2.75) is 167 Å². The predicted octanol–water partition coefficient (Wildman–Crippen LogP) is 12.3. The van der Waals surface area contributed by atoms with E-state index < -0.39 is 33.3 Å². The van der Waals surface area contributed by atoms with Crippen LogP contribution in [0.3, 0.4) is 0 Å². The molecule has 0 aliphatic heterocycles. The standard InChI is InChI=1S/C38H70O4Si4/c1-33-31-35(23-25-37(33)39)21-19-29-45(7,8)41-43(3,4)27-17-15-13-11-12-14-16-18-28-44(5,6)42-46(9,10)30-20-22-36-24-26-38(40)34(2)32-36/h23-26,31-32,39-40H,11-22,27-30H2,1-10H3. The zero-order chi connectivity index (χ0) is 34.4. The molecule has 0 aliphatic rings. The summed E-state index contributed by atoms with van der Waals surface area (Å²) in [4.78, 5) is 0. The molecule has 2 aromatic carbocycles. The average molecular weight is 703 g/mol. The van der Waals surface area contributed by atoms with Crippen LogP contribution in [0, 0.1) is 13.8 Å². The van der Waals surface area contributed by atoms with Crippen LogP contribution in [0.5, 0.6) is 11.5 Å². The fourth-order valence-electron chi connectivity index (χ4n) is 7.04. The Hall–Kier alpha value is -1.17. The van der Waals surface area contributed by atoms with Crippen molar-refractivity contribution >= 4 is 33.3 Å². The lowest BCUT2D eigenvalue weighted by atomic mass is 10.1. The normalized spacial score (nSPS) is 13.0. The van der Waals surface area contributed by atoms with Crippen LogP contribution in [-0.2, 0) is 21.1 Å². The number of benzene rings is 2. The van der Waals surface area contributed by atoms with Crippen molar-refractivity contribution in [3.63, 3.8) is 0 Å². The molecule has 2 rings (SSSR count). The first-order valence-electron chi connectivity index (χ1n) is 18.4. The lowest BCUT2D eigenvalue weighted by Crippen LogP contribution is -2.44. The molecular formula is C38H70O4Si4. The Kier molecular flexibility index (Phi) is 17.0. The molecule has 0 saturated heterocycles. The van der Waals surface area contributed by atoms with Gasteiger partial charge in [-0.1, -0.05) is 75.6 Å². The summed E-state index contributed by atoms with van der Waals surface area (Å²) in [6.07, 6.45) is 15.3. The summed E-state index contributed by atoms with van der Waals surface area (Å²) in [6.45, 7) is 23.3. The molecule has 0 fully saturated rings. The van der Waals surface area contributed by atoms with Gasteiger partial charge in [0.05, 0.1) is 0 Å². The van der Waals surface area contributed by atoms with E-state index in [9.17, 15) is 10.2 Å². The Balaban J connectivity index is 1.52. The van der Waals surface area contributed by atoms with Gasteiger partial charge in [0.2, 0.25) is 0 Å². The number of phenolic OH excluding ortho intramolecular Hbond substituents is 2. The third kappa shape index (κ3) is 17.3. The summed E-state index contributed by atoms with van der Waals surface area (Å²) in [6, 6.07) is 17.0. The van der Waals surface area contributed by atoms with Crippen molar-refractivity contribution in [1.29, 1.82) is 0 Å². The Morgan fingerprint density at radius 1 is 0.435 bits per heavy atom. The molecular weight excluding hydrogens is 633 g/mol. The Bertz CT molecular complexity index is 1090. The van der Waals surface area contributed by atoms with Gasteiger partial charge in [-0.25, -0.2) is 0 Å². The third-order valence-corrected chi connectivity index (χ3v) is 24.5. The molecule has 8 heteroatoms. The van der Waals surface area contributed by atoms with Crippen LogP contribution in [-0.4, -0.2) is 43.5 Å². The van der Waals surface area contributed by atoms with Gasteiger partial charge in [0.1, 0.15) is 11.5 Å². The van der Waals surface area contributed by atoms with Crippen LogP contribution in [0.2, 0.25) is 76.6 Å². The van der Waals surface area contributed by atoms with Crippen LogP contribution in [0.1, 0.15) is 86.5 Å². The second-order valence-corrected chi connectivity index (χ2v) is 34.2. The number of hydrogen-bond acceptors (Lipinski definition) is 4. The first-order chi connectivity index (χ1) is 21.4. The molecule has 0 spiro atoms. The van der Waals surface area contributed by atoms with Crippen LogP contribution < -0.4 is 0 Å². The highest BCUT2D eigenvalue weighted by atomic mass is 28.4. The summed E-state index contributed by atoms with van der Waals surface area (Å²) >= 11 is 0. The maximum absolute atomic E-state index is 9.78. The van der Waals surface area contributed by atoms with Crippen molar-refractivity contribution in [2.24, 2.45) is 0 Å². The SMILES string of the molecule is Cc1cc(CCC[Si](C)(C)O[Si](C)(C)CCCCCCCCCC[Si](C)(C)O[Si](C)(C)CCCc2ccc(O)c(C)c2)ccc1O. The highest BCUT2D eigenvalue weighted by molar-refractivity contribution is 6.85. The molecule has 0 unspecified atom stereocenters. The summed E-state index contributed by atoms with van der Waals surface area (Å²) in [7, 11) is -6.55. The first-order valence-corrected chi connectivity index (χ1v) is 30.8. The monoisotopic (exact) mass is 702 g/mol. The topological polar surface area (TPSA) is 58.9 Å². The molecule has 4 nitrogen and oxygen atoms in total. The van der Waals surface area contributed by atoms with E-state index in [1.54, 1.807) is 0 Å². The quantitative estimate of drug-likeness (QED) is 0.0894. The molecule has 2 N–H and O–H groups in total. The summed E-state index contributed by atoms with van der Waals surface area (Å²) in [5.74, 6) is 0.785. The molecule has 46 heavy (non-hydrogen) atoms. The largest absolute Gasteiger partial charge is 0.508 e. The van der Waals surface area contributed by atoms with Crippen molar-refractivity contribution in [3.05, 3.63) is 58.7 Å². The minimum absolute atomic E-state index is 0.392. The van der Waals surface area contributed by atoms with E-state index in [0.29, 0.717) is 11.5 Å². The predicted molar refractivity (Wildman–Crippen MR) is 211 cm³/mol. The van der Waals surface area contributed by atoms with E-state index >= 15 is 0 Å². The highest BCUT2D eigenvalue weighted by Gasteiger charge is 2.33. The summed E-state index contributed by atoms with van der Waals surface area (Å²) in [5.41, 5.74) is 4.58. The minimum Gasteiger partial charge on any atom is -0.508 e. The third-order valence-electron chi connectivity index (χ3n) is 9.42. The van der Waals surface area contributed by atoms with Crippen LogP contribution in [0.15, 0.2) is 36.4 Å². The van der Waals surface area contributed by atoms with Crippen molar-refractivity contribution in [1.82, 2.24) is 0 Å². The molecule has 0 heterocycles. The highest BCUT2D eigenvalue weighted by Crippen LogP contribution is 2.28. The maximum Gasteiger partial charge on any atom is 0.173 e. The number of phenols is 2. The van der Waals surface area contributed by atoms with E-state index in [1.165, 1.54) is 99.5 Å². The molecule has 262 valence electrons. The van der Waals surface area contributed by atoms with E-state index in [2.05, 4.69) is 76.6 Å². The van der Waals surface area contributed by atoms with Gasteiger partial charge in [-0.2, -0.15) is 0 Å². The van der Waals surface area contributed by atoms with E-state index in [1.807, 2.05) is 26.0 Å². The molecule has 0 amide bonds. The Labute approximate surface area is 288 Å². The number of hydrogen-bond donors (Lipinski definition) is 2. The van der Waals surface area contributed by atoms with Gasteiger partial charge in [-0.05, 0) is 150 Å². The smallest absolute Gasteiger partial charge is 0.173 e. The Morgan fingerprint density at radius 3 is 1.02 bits per heavy atom. The molecule has 2 aromatic rings. The van der Waals surface area contributed by atoms with Gasteiger partial charge in [0.15, 0.2) is 33.3 Å². The molecule has 0 aliphatic carbocycles. The summed E-state index contributed by atoms with van der Waals surface area (Å²) < 4.78 is 13.8. The van der Waals surface area contributed by atoms with Crippen molar-refractivity contribution in [2.75, 3.05) is 0 Å². The first kappa shape index (κ1) is 41.0. The maximum atomic E-state index is 9.78. The molecule has 0 bridgehead atoms. The zero-order valence-electron chi connectivity index (χ0n) is 31.5. The van der Waals surface area contributed by atoms with Gasteiger partial charge in [-0.15, -0.1) is 0 Å². The number of rotatable bonds is 23. The molecule has 0 saturated carbocycles. The van der Waals surface area contributed by atoms with Gasteiger partial charge in [-0.3, -0.25) is 0 Å². The van der Waals surface area contributed by atoms with E-state index in [4.69, 9.17) is 8.23 Å². The zero-order valence-corrected chi connectivity index (χ0v) is 35.5. The van der Waals surface area contributed by atoms with Gasteiger partial charge in [0, 0.05) is 0 Å². The lowest BCUT2D eigenvalue weighted by molar-refractivity contribution is 0.470. The van der Waals surface area contributed by atoms with E-state index in [-0.39, 0.29) is 0 Å². The molecule has 0 aromatic heterocycles. The van der Waals surface area contributed by atoms with Crippen LogP contribution in [0.25, 0.3) is 0 Å².